The maximum absolute atomic E-state index is 13.0. The molecule has 4 rings (SSSR count). The summed E-state index contributed by atoms with van der Waals surface area (Å²) in [6.45, 7) is 0.814. The van der Waals surface area contributed by atoms with Crippen LogP contribution >= 0.6 is 0 Å². The van der Waals surface area contributed by atoms with Crippen molar-refractivity contribution in [3.8, 4) is 0 Å². The lowest BCUT2D eigenvalue weighted by Gasteiger charge is -2.27. The third kappa shape index (κ3) is 3.23. The maximum Gasteiger partial charge on any atom is 0.224 e. The molecule has 2 atom stereocenters. The molecule has 1 heterocycles. The molecule has 3 aromatic carbocycles. The van der Waals surface area contributed by atoms with Crippen LogP contribution in [-0.2, 0) is 4.79 Å². The summed E-state index contributed by atoms with van der Waals surface area (Å²) in [5, 5.41) is 2.47. The molecule has 1 saturated heterocycles. The topological polar surface area (TPSA) is 46.3 Å². The van der Waals surface area contributed by atoms with Crippen LogP contribution in [0, 0.1) is 0 Å². The standard InChI is InChI=1S/C23H24N2O/c24-21(18-9-2-1-3-10-18)16-23(26)25-15-7-14-22(25)20-13-6-11-17-8-4-5-12-19(17)20/h1-6,8-13,21-22H,7,14-16,24H2. The summed E-state index contributed by atoms with van der Waals surface area (Å²) in [6, 6.07) is 24.6. The zero-order valence-corrected chi connectivity index (χ0v) is 14.8. The molecule has 1 fully saturated rings. The molecule has 0 aliphatic carbocycles. The average Bonchev–Trinajstić information content (AvgIpc) is 3.18. The van der Waals surface area contributed by atoms with E-state index in [-0.39, 0.29) is 18.0 Å². The first-order chi connectivity index (χ1) is 12.7. The summed E-state index contributed by atoms with van der Waals surface area (Å²) in [6.07, 6.45) is 2.41. The van der Waals surface area contributed by atoms with Crippen molar-refractivity contribution in [1.82, 2.24) is 4.90 Å². The van der Waals surface area contributed by atoms with Crippen LogP contribution in [0.15, 0.2) is 72.8 Å². The fourth-order valence-electron chi connectivity index (χ4n) is 4.05. The number of hydrogen-bond donors (Lipinski definition) is 1. The number of fused-ring (bicyclic) bond motifs is 1. The molecule has 1 amide bonds. The van der Waals surface area contributed by atoms with E-state index in [1.807, 2.05) is 35.2 Å². The quantitative estimate of drug-likeness (QED) is 0.752. The number of nitrogens with zero attached hydrogens (tertiary/aromatic N) is 1. The number of likely N-dealkylation sites (tertiary alicyclic amines) is 1. The zero-order chi connectivity index (χ0) is 17.9. The summed E-state index contributed by atoms with van der Waals surface area (Å²) in [5.74, 6) is 0.150. The Morgan fingerprint density at radius 3 is 2.58 bits per heavy atom. The van der Waals surface area contributed by atoms with Crippen LogP contribution in [0.1, 0.15) is 42.5 Å². The highest BCUT2D eigenvalue weighted by Gasteiger charge is 2.31. The predicted octanol–water partition coefficient (Wildman–Crippen LogP) is 4.59. The summed E-state index contributed by atoms with van der Waals surface area (Å²) < 4.78 is 0. The van der Waals surface area contributed by atoms with Gasteiger partial charge in [0.1, 0.15) is 0 Å². The van der Waals surface area contributed by atoms with Gasteiger partial charge < -0.3 is 10.6 Å². The van der Waals surface area contributed by atoms with E-state index in [0.29, 0.717) is 6.42 Å². The van der Waals surface area contributed by atoms with E-state index in [1.165, 1.54) is 16.3 Å². The molecule has 3 aromatic rings. The normalized spacial score (nSPS) is 18.2. The van der Waals surface area contributed by atoms with E-state index in [1.54, 1.807) is 0 Å². The van der Waals surface area contributed by atoms with Gasteiger partial charge in [0.2, 0.25) is 5.91 Å². The smallest absolute Gasteiger partial charge is 0.224 e. The Morgan fingerprint density at radius 1 is 1.00 bits per heavy atom. The van der Waals surface area contributed by atoms with Gasteiger partial charge in [-0.2, -0.15) is 0 Å². The average molecular weight is 344 g/mol. The molecule has 0 radical (unpaired) electrons. The number of amides is 1. The van der Waals surface area contributed by atoms with Crippen LogP contribution in [0.3, 0.4) is 0 Å². The SMILES string of the molecule is NC(CC(=O)N1CCCC1c1cccc2ccccc12)c1ccccc1. The van der Waals surface area contributed by atoms with Crippen molar-refractivity contribution in [3.05, 3.63) is 83.9 Å². The Morgan fingerprint density at radius 2 is 1.73 bits per heavy atom. The summed E-state index contributed by atoms with van der Waals surface area (Å²) >= 11 is 0. The molecule has 26 heavy (non-hydrogen) atoms. The molecular weight excluding hydrogens is 320 g/mol. The lowest BCUT2D eigenvalue weighted by atomic mass is 9.96. The minimum Gasteiger partial charge on any atom is -0.336 e. The molecule has 132 valence electrons. The molecule has 1 aliphatic heterocycles. The predicted molar refractivity (Wildman–Crippen MR) is 106 cm³/mol. The van der Waals surface area contributed by atoms with Crippen molar-refractivity contribution in [2.45, 2.75) is 31.3 Å². The van der Waals surface area contributed by atoms with Gasteiger partial charge in [0.25, 0.3) is 0 Å². The Balaban J connectivity index is 1.57. The molecule has 0 aromatic heterocycles. The second kappa shape index (κ2) is 7.30. The van der Waals surface area contributed by atoms with E-state index in [0.717, 1.165) is 24.9 Å². The largest absolute Gasteiger partial charge is 0.336 e. The molecule has 0 bridgehead atoms. The van der Waals surface area contributed by atoms with Gasteiger partial charge in [-0.1, -0.05) is 72.8 Å². The second-order valence-electron chi connectivity index (χ2n) is 7.03. The van der Waals surface area contributed by atoms with Gasteiger partial charge in [-0.05, 0) is 34.7 Å². The third-order valence-electron chi connectivity index (χ3n) is 5.38. The molecule has 0 spiro atoms. The molecule has 2 N–H and O–H groups in total. The first kappa shape index (κ1) is 16.8. The van der Waals surface area contributed by atoms with Crippen molar-refractivity contribution in [2.24, 2.45) is 5.73 Å². The Labute approximate surface area is 154 Å². The van der Waals surface area contributed by atoms with Gasteiger partial charge >= 0.3 is 0 Å². The molecular formula is C23H24N2O. The van der Waals surface area contributed by atoms with Crippen molar-refractivity contribution >= 4 is 16.7 Å². The fourth-order valence-corrected chi connectivity index (χ4v) is 4.05. The van der Waals surface area contributed by atoms with E-state index in [2.05, 4.69) is 42.5 Å². The summed E-state index contributed by atoms with van der Waals surface area (Å²) in [4.78, 5) is 15.0. The van der Waals surface area contributed by atoms with Crippen molar-refractivity contribution in [3.63, 3.8) is 0 Å². The monoisotopic (exact) mass is 344 g/mol. The van der Waals surface area contributed by atoms with E-state index in [9.17, 15) is 4.79 Å². The van der Waals surface area contributed by atoms with E-state index < -0.39 is 0 Å². The van der Waals surface area contributed by atoms with E-state index in [4.69, 9.17) is 5.73 Å². The van der Waals surface area contributed by atoms with Crippen LogP contribution in [0.25, 0.3) is 10.8 Å². The highest BCUT2D eigenvalue weighted by molar-refractivity contribution is 5.87. The number of carbonyl (C=O) groups excluding carboxylic acids is 1. The molecule has 0 saturated carbocycles. The first-order valence-electron chi connectivity index (χ1n) is 9.31. The summed E-state index contributed by atoms with van der Waals surface area (Å²) in [5.41, 5.74) is 8.56. The number of hydrogen-bond acceptors (Lipinski definition) is 2. The number of carbonyl (C=O) groups is 1. The Bertz CT molecular complexity index is 901. The highest BCUT2D eigenvalue weighted by Crippen LogP contribution is 2.36. The lowest BCUT2D eigenvalue weighted by Crippen LogP contribution is -2.33. The third-order valence-corrected chi connectivity index (χ3v) is 5.38. The number of benzene rings is 3. The Kier molecular flexibility index (Phi) is 4.72. The molecule has 3 nitrogen and oxygen atoms in total. The fraction of sp³-hybridized carbons (Fsp3) is 0.261. The minimum atomic E-state index is -0.252. The first-order valence-corrected chi connectivity index (χ1v) is 9.31. The zero-order valence-electron chi connectivity index (χ0n) is 14.8. The molecule has 3 heteroatoms. The van der Waals surface area contributed by atoms with Gasteiger partial charge in [0.05, 0.1) is 6.04 Å². The highest BCUT2D eigenvalue weighted by atomic mass is 16.2. The second-order valence-corrected chi connectivity index (χ2v) is 7.03. The van der Waals surface area contributed by atoms with Crippen molar-refractivity contribution in [2.75, 3.05) is 6.54 Å². The minimum absolute atomic E-state index is 0.150. The summed E-state index contributed by atoms with van der Waals surface area (Å²) in [7, 11) is 0. The maximum atomic E-state index is 13.0. The van der Waals surface area contributed by atoms with Gasteiger partial charge in [0, 0.05) is 19.0 Å². The van der Waals surface area contributed by atoms with Crippen LogP contribution in [0.2, 0.25) is 0 Å². The van der Waals surface area contributed by atoms with Crippen LogP contribution in [0.5, 0.6) is 0 Å². The van der Waals surface area contributed by atoms with Gasteiger partial charge in [-0.15, -0.1) is 0 Å². The van der Waals surface area contributed by atoms with Crippen LogP contribution in [-0.4, -0.2) is 17.4 Å². The van der Waals surface area contributed by atoms with Gasteiger partial charge in [-0.3, -0.25) is 4.79 Å². The van der Waals surface area contributed by atoms with E-state index >= 15 is 0 Å². The van der Waals surface area contributed by atoms with Crippen LogP contribution < -0.4 is 5.73 Å². The van der Waals surface area contributed by atoms with Gasteiger partial charge in [0.15, 0.2) is 0 Å². The van der Waals surface area contributed by atoms with Crippen molar-refractivity contribution < 1.29 is 4.79 Å². The number of rotatable bonds is 4. The Hall–Kier alpha value is -2.65. The lowest BCUT2D eigenvalue weighted by molar-refractivity contribution is -0.132. The molecule has 2 unspecified atom stereocenters. The van der Waals surface area contributed by atoms with Crippen molar-refractivity contribution in [1.29, 1.82) is 0 Å². The molecule has 1 aliphatic rings. The van der Waals surface area contributed by atoms with Gasteiger partial charge in [-0.25, -0.2) is 0 Å². The number of nitrogens with two attached hydrogens (primary N) is 1. The van der Waals surface area contributed by atoms with Crippen LogP contribution in [0.4, 0.5) is 0 Å².